The lowest BCUT2D eigenvalue weighted by Crippen LogP contribution is -2.38. The van der Waals surface area contributed by atoms with Crippen molar-refractivity contribution in [3.8, 4) is 21.8 Å². The lowest BCUT2D eigenvalue weighted by molar-refractivity contribution is 0.0700. The predicted octanol–water partition coefficient (Wildman–Crippen LogP) is 4.22. The summed E-state index contributed by atoms with van der Waals surface area (Å²) in [5, 5.41) is 13.1. The van der Waals surface area contributed by atoms with E-state index < -0.39 is 0 Å². The standard InChI is InChI=1S/C25H26FN7O2S/c1-2-9-29-23(34)18-14-36-24(30-18)19-20(15-3-5-17(26)6-4-15)31-32-21(19)16-7-12-33(13-8-16)25(35)22-27-10-11-28-22/h3-6,10-11,14,16H,2,7-9,12-13H2,1H3,(H,27,28)(H,29,34)(H,31,32). The summed E-state index contributed by atoms with van der Waals surface area (Å²) in [6.45, 7) is 3.74. The lowest BCUT2D eigenvalue weighted by atomic mass is 9.90. The zero-order valence-corrected chi connectivity index (χ0v) is 20.6. The van der Waals surface area contributed by atoms with E-state index in [2.05, 4.69) is 30.5 Å². The Morgan fingerprint density at radius 3 is 2.69 bits per heavy atom. The van der Waals surface area contributed by atoms with Crippen molar-refractivity contribution in [2.45, 2.75) is 32.1 Å². The van der Waals surface area contributed by atoms with Crippen molar-refractivity contribution in [3.63, 3.8) is 0 Å². The highest BCUT2D eigenvalue weighted by molar-refractivity contribution is 7.13. The van der Waals surface area contributed by atoms with Crippen LogP contribution < -0.4 is 5.32 Å². The summed E-state index contributed by atoms with van der Waals surface area (Å²) >= 11 is 1.38. The van der Waals surface area contributed by atoms with E-state index in [1.165, 1.54) is 23.5 Å². The van der Waals surface area contributed by atoms with Crippen molar-refractivity contribution in [1.82, 2.24) is 35.4 Å². The van der Waals surface area contributed by atoms with E-state index in [9.17, 15) is 14.0 Å². The highest BCUT2D eigenvalue weighted by atomic mass is 32.1. The second-order valence-electron chi connectivity index (χ2n) is 8.67. The van der Waals surface area contributed by atoms with Crippen LogP contribution in [0.3, 0.4) is 0 Å². The number of aromatic amines is 2. The van der Waals surface area contributed by atoms with Gasteiger partial charge in [-0.25, -0.2) is 14.4 Å². The first-order valence-electron chi connectivity index (χ1n) is 11.9. The van der Waals surface area contributed by atoms with E-state index in [0.29, 0.717) is 41.9 Å². The number of rotatable bonds is 7. The molecule has 1 aromatic carbocycles. The van der Waals surface area contributed by atoms with Crippen LogP contribution in [0.2, 0.25) is 0 Å². The Morgan fingerprint density at radius 1 is 1.22 bits per heavy atom. The van der Waals surface area contributed by atoms with Gasteiger partial charge >= 0.3 is 0 Å². The van der Waals surface area contributed by atoms with Gasteiger partial charge in [-0.1, -0.05) is 6.92 Å². The number of piperidine rings is 1. The SMILES string of the molecule is CCCNC(=O)c1csc(-c2c(-c3ccc(F)cc3)n[nH]c2C2CCN(C(=O)c3ncc[nH]3)CC2)n1. The maximum atomic E-state index is 13.6. The van der Waals surface area contributed by atoms with Crippen molar-refractivity contribution in [1.29, 1.82) is 0 Å². The zero-order chi connectivity index (χ0) is 25.1. The van der Waals surface area contributed by atoms with Gasteiger partial charge in [0.05, 0.1) is 5.56 Å². The molecule has 0 bridgehead atoms. The molecule has 9 nitrogen and oxygen atoms in total. The molecule has 1 saturated heterocycles. The molecule has 0 spiro atoms. The number of carbonyl (C=O) groups excluding carboxylic acids is 2. The summed E-state index contributed by atoms with van der Waals surface area (Å²) in [5.41, 5.74) is 3.51. The number of H-pyrrole nitrogens is 2. The minimum Gasteiger partial charge on any atom is -0.351 e. The molecule has 2 amide bonds. The molecule has 1 fully saturated rings. The van der Waals surface area contributed by atoms with Gasteiger partial charge in [0.25, 0.3) is 11.8 Å². The number of hydrogen-bond acceptors (Lipinski definition) is 6. The molecule has 0 atom stereocenters. The monoisotopic (exact) mass is 507 g/mol. The molecule has 4 heterocycles. The molecule has 0 aliphatic carbocycles. The van der Waals surface area contributed by atoms with Crippen LogP contribution in [0.15, 0.2) is 42.0 Å². The number of benzene rings is 1. The number of nitrogens with zero attached hydrogens (tertiary/aromatic N) is 4. The molecule has 3 N–H and O–H groups in total. The number of aromatic nitrogens is 5. The normalized spacial score (nSPS) is 14.2. The zero-order valence-electron chi connectivity index (χ0n) is 19.8. The molecule has 3 aromatic heterocycles. The molecule has 36 heavy (non-hydrogen) atoms. The summed E-state index contributed by atoms with van der Waals surface area (Å²) in [6.07, 6.45) is 5.52. The van der Waals surface area contributed by atoms with Gasteiger partial charge < -0.3 is 15.2 Å². The Hall–Kier alpha value is -3.86. The van der Waals surface area contributed by atoms with E-state index in [4.69, 9.17) is 0 Å². The number of nitrogens with one attached hydrogen (secondary N) is 3. The van der Waals surface area contributed by atoms with E-state index in [-0.39, 0.29) is 23.5 Å². The molecule has 1 aliphatic heterocycles. The minimum absolute atomic E-state index is 0.113. The average molecular weight is 508 g/mol. The number of halogens is 1. The topological polar surface area (TPSA) is 120 Å². The fourth-order valence-electron chi connectivity index (χ4n) is 4.41. The van der Waals surface area contributed by atoms with Gasteiger partial charge in [0.1, 0.15) is 22.2 Å². The van der Waals surface area contributed by atoms with E-state index in [0.717, 1.165) is 36.1 Å². The number of carbonyl (C=O) groups is 2. The number of hydrogen-bond donors (Lipinski definition) is 3. The number of amides is 2. The van der Waals surface area contributed by atoms with Gasteiger partial charge in [-0.3, -0.25) is 14.7 Å². The lowest BCUT2D eigenvalue weighted by Gasteiger charge is -2.31. The van der Waals surface area contributed by atoms with E-state index >= 15 is 0 Å². The van der Waals surface area contributed by atoms with Gasteiger partial charge in [-0.2, -0.15) is 5.10 Å². The summed E-state index contributed by atoms with van der Waals surface area (Å²) in [6, 6.07) is 6.17. The Labute approximate surface area is 211 Å². The van der Waals surface area contributed by atoms with Crippen LogP contribution >= 0.6 is 11.3 Å². The summed E-state index contributed by atoms with van der Waals surface area (Å²) in [7, 11) is 0. The molecule has 0 radical (unpaired) electrons. The first-order chi connectivity index (χ1) is 17.5. The number of likely N-dealkylation sites (tertiary alicyclic amines) is 1. The second-order valence-corrected chi connectivity index (χ2v) is 9.52. The van der Waals surface area contributed by atoms with Gasteiger partial charge in [-0.05, 0) is 43.5 Å². The molecule has 186 valence electrons. The van der Waals surface area contributed by atoms with Crippen molar-refractivity contribution < 1.29 is 14.0 Å². The fourth-order valence-corrected chi connectivity index (χ4v) is 5.27. The van der Waals surface area contributed by atoms with Crippen LogP contribution in [-0.4, -0.2) is 61.5 Å². The highest BCUT2D eigenvalue weighted by Gasteiger charge is 2.31. The third kappa shape index (κ3) is 4.78. The Morgan fingerprint density at radius 2 is 2.00 bits per heavy atom. The van der Waals surface area contributed by atoms with Crippen LogP contribution in [0.25, 0.3) is 21.8 Å². The van der Waals surface area contributed by atoms with Crippen LogP contribution in [0.1, 0.15) is 58.9 Å². The van der Waals surface area contributed by atoms with E-state index in [1.807, 2.05) is 6.92 Å². The Kier molecular flexibility index (Phi) is 6.90. The first kappa shape index (κ1) is 23.9. The largest absolute Gasteiger partial charge is 0.351 e. The molecule has 4 aromatic rings. The number of imidazole rings is 1. The summed E-state index contributed by atoms with van der Waals surface area (Å²) < 4.78 is 13.6. The summed E-state index contributed by atoms with van der Waals surface area (Å²) in [5.74, 6) is -0.196. The molecular formula is C25H26FN7O2S. The van der Waals surface area contributed by atoms with Crippen molar-refractivity contribution >= 4 is 23.2 Å². The van der Waals surface area contributed by atoms with Crippen LogP contribution in [0.4, 0.5) is 4.39 Å². The summed E-state index contributed by atoms with van der Waals surface area (Å²) in [4.78, 5) is 38.5. The highest BCUT2D eigenvalue weighted by Crippen LogP contribution is 2.41. The molecule has 11 heteroatoms. The third-order valence-electron chi connectivity index (χ3n) is 6.29. The third-order valence-corrected chi connectivity index (χ3v) is 7.15. The minimum atomic E-state index is -0.325. The van der Waals surface area contributed by atoms with Crippen LogP contribution in [0.5, 0.6) is 0 Å². The van der Waals surface area contributed by atoms with Crippen molar-refractivity contribution in [2.24, 2.45) is 0 Å². The molecular weight excluding hydrogens is 481 g/mol. The Balaban J connectivity index is 1.44. The van der Waals surface area contributed by atoms with Crippen molar-refractivity contribution in [3.05, 3.63) is 65.1 Å². The average Bonchev–Trinajstić information content (AvgIpc) is 3.68. The molecule has 0 unspecified atom stereocenters. The van der Waals surface area contributed by atoms with Gasteiger partial charge in [0.15, 0.2) is 5.82 Å². The second kappa shape index (κ2) is 10.4. The van der Waals surface area contributed by atoms with Gasteiger partial charge in [0.2, 0.25) is 0 Å². The maximum absolute atomic E-state index is 13.6. The molecule has 5 rings (SSSR count). The Bertz CT molecular complexity index is 1340. The van der Waals surface area contributed by atoms with E-state index in [1.54, 1.807) is 34.8 Å². The molecule has 0 saturated carbocycles. The molecule has 1 aliphatic rings. The predicted molar refractivity (Wildman–Crippen MR) is 134 cm³/mol. The fraction of sp³-hybridized carbons (Fsp3) is 0.320. The van der Waals surface area contributed by atoms with Crippen LogP contribution in [-0.2, 0) is 0 Å². The van der Waals surface area contributed by atoms with Gasteiger partial charge in [0, 0.05) is 54.6 Å². The number of thiazole rings is 1. The van der Waals surface area contributed by atoms with Crippen LogP contribution in [0, 0.1) is 5.82 Å². The smallest absolute Gasteiger partial charge is 0.289 e. The quantitative estimate of drug-likeness (QED) is 0.346. The van der Waals surface area contributed by atoms with Gasteiger partial charge in [-0.15, -0.1) is 11.3 Å². The first-order valence-corrected chi connectivity index (χ1v) is 12.8. The van der Waals surface area contributed by atoms with Crippen molar-refractivity contribution in [2.75, 3.05) is 19.6 Å². The maximum Gasteiger partial charge on any atom is 0.289 e.